The van der Waals surface area contributed by atoms with Crippen molar-refractivity contribution in [3.63, 3.8) is 0 Å². The third-order valence-electron chi connectivity index (χ3n) is 2.90. The van der Waals surface area contributed by atoms with E-state index in [2.05, 4.69) is 6.92 Å². The van der Waals surface area contributed by atoms with Gasteiger partial charge in [0.25, 0.3) is 0 Å². The Kier molecular flexibility index (Phi) is 3.92. The van der Waals surface area contributed by atoms with Crippen molar-refractivity contribution in [1.82, 2.24) is 0 Å². The maximum absolute atomic E-state index is 9.98. The highest BCUT2D eigenvalue weighted by molar-refractivity contribution is 5.79. The van der Waals surface area contributed by atoms with Crippen LogP contribution in [0.25, 0.3) is 11.0 Å². The zero-order chi connectivity index (χ0) is 13.1. The molecule has 1 aromatic heterocycles. The lowest BCUT2D eigenvalue weighted by molar-refractivity contribution is 0.104. The van der Waals surface area contributed by atoms with E-state index in [0.717, 1.165) is 23.1 Å². The summed E-state index contributed by atoms with van der Waals surface area (Å²) in [5, 5.41) is 11.0. The number of fused-ring (bicyclic) bond motifs is 1. The standard InChI is InChI=1S/C15H20O3/c1-4-7-17-12-5-6-13-11(8-12)9-14(18-13)15(16)10(2)3/h5-6,8-10,15-16H,4,7H2,1-3H3. The molecule has 0 saturated carbocycles. The Labute approximate surface area is 107 Å². The highest BCUT2D eigenvalue weighted by atomic mass is 16.5. The Bertz CT molecular complexity index is 513. The Morgan fingerprint density at radius 2 is 2.06 bits per heavy atom. The van der Waals surface area contributed by atoms with Crippen molar-refractivity contribution in [3.8, 4) is 5.75 Å². The Balaban J connectivity index is 2.28. The predicted octanol–water partition coefficient (Wildman–Crippen LogP) is 3.91. The van der Waals surface area contributed by atoms with Gasteiger partial charge in [-0.15, -0.1) is 0 Å². The van der Waals surface area contributed by atoms with Crippen LogP contribution in [-0.2, 0) is 0 Å². The van der Waals surface area contributed by atoms with Crippen molar-refractivity contribution < 1.29 is 14.3 Å². The van der Waals surface area contributed by atoms with Gasteiger partial charge >= 0.3 is 0 Å². The quantitative estimate of drug-likeness (QED) is 0.872. The Hall–Kier alpha value is -1.48. The molecule has 0 fully saturated rings. The van der Waals surface area contributed by atoms with Crippen LogP contribution in [0.1, 0.15) is 39.1 Å². The van der Waals surface area contributed by atoms with Crippen molar-refractivity contribution in [2.24, 2.45) is 5.92 Å². The molecule has 3 nitrogen and oxygen atoms in total. The molecular formula is C15H20O3. The van der Waals surface area contributed by atoms with E-state index in [-0.39, 0.29) is 5.92 Å². The topological polar surface area (TPSA) is 42.6 Å². The number of ether oxygens (including phenoxy) is 1. The van der Waals surface area contributed by atoms with Crippen LogP contribution in [0.3, 0.4) is 0 Å². The molecule has 0 aliphatic heterocycles. The minimum atomic E-state index is -0.558. The van der Waals surface area contributed by atoms with Crippen LogP contribution in [0.4, 0.5) is 0 Å². The first-order valence-corrected chi connectivity index (χ1v) is 6.46. The van der Waals surface area contributed by atoms with Gasteiger partial charge in [0.1, 0.15) is 23.2 Å². The summed E-state index contributed by atoms with van der Waals surface area (Å²) < 4.78 is 11.2. The molecule has 1 aromatic carbocycles. The minimum absolute atomic E-state index is 0.140. The van der Waals surface area contributed by atoms with E-state index in [1.807, 2.05) is 38.1 Å². The molecule has 0 spiro atoms. The van der Waals surface area contributed by atoms with Gasteiger partial charge in [0.15, 0.2) is 0 Å². The number of benzene rings is 1. The summed E-state index contributed by atoms with van der Waals surface area (Å²) in [7, 11) is 0. The maximum atomic E-state index is 9.98. The van der Waals surface area contributed by atoms with Crippen LogP contribution in [0.15, 0.2) is 28.7 Å². The number of furan rings is 1. The van der Waals surface area contributed by atoms with E-state index in [1.54, 1.807) is 0 Å². The molecule has 2 rings (SSSR count). The predicted molar refractivity (Wildman–Crippen MR) is 71.8 cm³/mol. The third kappa shape index (κ3) is 2.67. The SMILES string of the molecule is CCCOc1ccc2oc(C(O)C(C)C)cc2c1. The second kappa shape index (κ2) is 5.44. The van der Waals surface area contributed by atoms with E-state index in [1.165, 1.54) is 0 Å². The van der Waals surface area contributed by atoms with E-state index in [0.29, 0.717) is 12.4 Å². The van der Waals surface area contributed by atoms with E-state index in [9.17, 15) is 5.11 Å². The van der Waals surface area contributed by atoms with Crippen molar-refractivity contribution >= 4 is 11.0 Å². The van der Waals surface area contributed by atoms with Gasteiger partial charge in [-0.2, -0.15) is 0 Å². The van der Waals surface area contributed by atoms with Crippen LogP contribution >= 0.6 is 0 Å². The van der Waals surface area contributed by atoms with Crippen molar-refractivity contribution in [2.75, 3.05) is 6.61 Å². The molecule has 0 aliphatic rings. The first kappa shape index (κ1) is 13.0. The molecule has 2 aromatic rings. The normalized spacial score (nSPS) is 13.2. The van der Waals surface area contributed by atoms with Crippen LogP contribution < -0.4 is 4.74 Å². The average Bonchev–Trinajstić information content (AvgIpc) is 2.77. The van der Waals surface area contributed by atoms with Crippen molar-refractivity contribution in [3.05, 3.63) is 30.0 Å². The molecule has 3 heteroatoms. The highest BCUT2D eigenvalue weighted by Crippen LogP contribution is 2.30. The summed E-state index contributed by atoms with van der Waals surface area (Å²) in [5.74, 6) is 1.60. The van der Waals surface area contributed by atoms with Crippen LogP contribution in [0, 0.1) is 5.92 Å². The van der Waals surface area contributed by atoms with Gasteiger partial charge in [-0.25, -0.2) is 0 Å². The van der Waals surface area contributed by atoms with Crippen molar-refractivity contribution in [1.29, 1.82) is 0 Å². The van der Waals surface area contributed by atoms with Crippen LogP contribution in [0.2, 0.25) is 0 Å². The highest BCUT2D eigenvalue weighted by Gasteiger charge is 2.17. The Morgan fingerprint density at radius 3 is 2.72 bits per heavy atom. The lowest BCUT2D eigenvalue weighted by Gasteiger charge is -2.10. The zero-order valence-electron chi connectivity index (χ0n) is 11.1. The third-order valence-corrected chi connectivity index (χ3v) is 2.90. The van der Waals surface area contributed by atoms with Gasteiger partial charge < -0.3 is 14.3 Å². The first-order chi connectivity index (χ1) is 8.61. The van der Waals surface area contributed by atoms with Crippen LogP contribution in [-0.4, -0.2) is 11.7 Å². The number of hydrogen-bond donors (Lipinski definition) is 1. The molecule has 1 atom stereocenters. The molecule has 1 unspecified atom stereocenters. The first-order valence-electron chi connectivity index (χ1n) is 6.46. The fraction of sp³-hybridized carbons (Fsp3) is 0.467. The Morgan fingerprint density at radius 1 is 1.28 bits per heavy atom. The van der Waals surface area contributed by atoms with Gasteiger partial charge in [-0.3, -0.25) is 0 Å². The molecule has 1 heterocycles. The molecule has 0 bridgehead atoms. The molecule has 0 amide bonds. The molecule has 0 radical (unpaired) electrons. The van der Waals surface area contributed by atoms with Crippen molar-refractivity contribution in [2.45, 2.75) is 33.3 Å². The van der Waals surface area contributed by atoms with Gasteiger partial charge in [-0.1, -0.05) is 20.8 Å². The molecule has 98 valence electrons. The monoisotopic (exact) mass is 248 g/mol. The smallest absolute Gasteiger partial charge is 0.134 e. The lowest BCUT2D eigenvalue weighted by Crippen LogP contribution is -2.03. The molecule has 0 saturated heterocycles. The largest absolute Gasteiger partial charge is 0.494 e. The summed E-state index contributed by atoms with van der Waals surface area (Å²) in [5.41, 5.74) is 0.786. The van der Waals surface area contributed by atoms with Crippen LogP contribution in [0.5, 0.6) is 5.75 Å². The summed E-state index contributed by atoms with van der Waals surface area (Å²) in [6.07, 6.45) is 0.429. The maximum Gasteiger partial charge on any atom is 0.134 e. The summed E-state index contributed by atoms with van der Waals surface area (Å²) in [6.45, 7) is 6.72. The van der Waals surface area contributed by atoms with Gasteiger partial charge in [-0.05, 0) is 36.6 Å². The molecule has 0 aliphatic carbocycles. The number of aliphatic hydroxyl groups excluding tert-OH is 1. The summed E-state index contributed by atoms with van der Waals surface area (Å²) >= 11 is 0. The second-order valence-electron chi connectivity index (χ2n) is 4.89. The average molecular weight is 248 g/mol. The molecular weight excluding hydrogens is 228 g/mol. The lowest BCUT2D eigenvalue weighted by atomic mass is 10.1. The summed E-state index contributed by atoms with van der Waals surface area (Å²) in [6, 6.07) is 7.62. The number of hydrogen-bond acceptors (Lipinski definition) is 3. The minimum Gasteiger partial charge on any atom is -0.494 e. The van der Waals surface area contributed by atoms with E-state index < -0.39 is 6.10 Å². The molecule has 18 heavy (non-hydrogen) atoms. The molecule has 1 N–H and O–H groups in total. The zero-order valence-corrected chi connectivity index (χ0v) is 11.1. The van der Waals surface area contributed by atoms with Gasteiger partial charge in [0.2, 0.25) is 0 Å². The van der Waals surface area contributed by atoms with Gasteiger partial charge in [0.05, 0.1) is 6.61 Å². The fourth-order valence-corrected chi connectivity index (χ4v) is 1.83. The van der Waals surface area contributed by atoms with E-state index >= 15 is 0 Å². The second-order valence-corrected chi connectivity index (χ2v) is 4.89. The number of aliphatic hydroxyl groups is 1. The van der Waals surface area contributed by atoms with Gasteiger partial charge in [0, 0.05) is 5.39 Å². The summed E-state index contributed by atoms with van der Waals surface area (Å²) in [4.78, 5) is 0. The number of rotatable bonds is 5. The van der Waals surface area contributed by atoms with E-state index in [4.69, 9.17) is 9.15 Å². The fourth-order valence-electron chi connectivity index (χ4n) is 1.83.